The molecule has 2 aromatic heterocycles. The van der Waals surface area contributed by atoms with E-state index in [9.17, 15) is 0 Å². The molecule has 0 N–H and O–H groups in total. The van der Waals surface area contributed by atoms with Crippen LogP contribution in [0.5, 0.6) is 0 Å². The van der Waals surface area contributed by atoms with Gasteiger partial charge in [-0.25, -0.2) is 19.9 Å². The predicted molar refractivity (Wildman–Crippen MR) is 174 cm³/mol. The number of rotatable bonds is 2. The van der Waals surface area contributed by atoms with Gasteiger partial charge < -0.3 is 0 Å². The van der Waals surface area contributed by atoms with E-state index in [4.69, 9.17) is 19.9 Å². The molecule has 2 unspecified atom stereocenters. The highest BCUT2D eigenvalue weighted by Crippen LogP contribution is 2.60. The zero-order valence-corrected chi connectivity index (χ0v) is 26.0. The summed E-state index contributed by atoms with van der Waals surface area (Å²) in [6.07, 6.45) is 2.21. The van der Waals surface area contributed by atoms with Gasteiger partial charge in [0.25, 0.3) is 0 Å². The fourth-order valence-corrected chi connectivity index (χ4v) is 8.18. The minimum absolute atomic E-state index is 0.105. The molecule has 6 aromatic rings. The highest BCUT2D eigenvalue weighted by Gasteiger charge is 2.51. The van der Waals surface area contributed by atoms with Crippen LogP contribution in [0, 0.1) is 13.8 Å². The average Bonchev–Trinajstić information content (AvgIpc) is 2.94. The molecule has 0 saturated heterocycles. The van der Waals surface area contributed by atoms with E-state index in [0.29, 0.717) is 11.8 Å². The van der Waals surface area contributed by atoms with Gasteiger partial charge in [0.15, 0.2) is 0 Å². The summed E-state index contributed by atoms with van der Waals surface area (Å²) < 4.78 is 0. The van der Waals surface area contributed by atoms with Crippen LogP contribution in [0.3, 0.4) is 0 Å². The van der Waals surface area contributed by atoms with E-state index in [0.717, 1.165) is 57.0 Å². The number of nitrogens with zero attached hydrogens (tertiary/aromatic N) is 4. The van der Waals surface area contributed by atoms with Crippen molar-refractivity contribution >= 4 is 44.1 Å². The summed E-state index contributed by atoms with van der Waals surface area (Å²) in [5, 5.41) is 0. The lowest BCUT2D eigenvalue weighted by atomic mass is 9.50. The van der Waals surface area contributed by atoms with Crippen LogP contribution in [0.25, 0.3) is 44.1 Å². The average molecular weight is 551 g/mol. The van der Waals surface area contributed by atoms with Crippen molar-refractivity contribution in [2.45, 2.75) is 90.9 Å². The Hall–Kier alpha value is -3.92. The zero-order chi connectivity index (χ0) is 29.3. The van der Waals surface area contributed by atoms with Crippen molar-refractivity contribution in [2.75, 3.05) is 0 Å². The molecule has 210 valence electrons. The number of fused-ring (bicyclic) bond motifs is 5. The van der Waals surface area contributed by atoms with Gasteiger partial charge >= 0.3 is 0 Å². The Bertz CT molecular complexity index is 2000. The van der Waals surface area contributed by atoms with Crippen molar-refractivity contribution in [3.05, 3.63) is 93.0 Å². The standard InChI is InChI=1S/C38H38N4/c1-19(2)23-13-31-29(11-21(23)5)39-33-15-25-27(17-35(33)41-31)37(7)9-10-38(25,8)28-18-36-34(16-26(28)37)40-30-12-22(6)24(20(3)4)14-32(30)42-36/h11-20H,9-10H2,1-8H3. The number of benzene rings is 4. The fraction of sp³-hybridized carbons (Fsp3) is 0.368. The van der Waals surface area contributed by atoms with Crippen LogP contribution in [-0.4, -0.2) is 19.9 Å². The molecule has 3 aliphatic carbocycles. The molecular weight excluding hydrogens is 512 g/mol. The first-order valence-electron chi connectivity index (χ1n) is 15.5. The van der Waals surface area contributed by atoms with Crippen LogP contribution in [0.15, 0.2) is 48.5 Å². The largest absolute Gasteiger partial charge is 0.244 e. The van der Waals surface area contributed by atoms with E-state index < -0.39 is 0 Å². The first-order valence-corrected chi connectivity index (χ1v) is 15.5. The maximum Gasteiger partial charge on any atom is 0.0897 e. The van der Waals surface area contributed by atoms with E-state index in [-0.39, 0.29) is 10.8 Å². The summed E-state index contributed by atoms with van der Waals surface area (Å²) in [4.78, 5) is 20.7. The van der Waals surface area contributed by atoms with Gasteiger partial charge in [-0.15, -0.1) is 0 Å². The Morgan fingerprint density at radius 2 is 0.714 bits per heavy atom. The minimum Gasteiger partial charge on any atom is -0.244 e. The summed E-state index contributed by atoms with van der Waals surface area (Å²) in [7, 11) is 0. The van der Waals surface area contributed by atoms with Crippen molar-refractivity contribution < 1.29 is 0 Å². The van der Waals surface area contributed by atoms with Gasteiger partial charge in [0.05, 0.1) is 44.1 Å². The quantitative estimate of drug-likeness (QED) is 0.202. The molecule has 0 amide bonds. The van der Waals surface area contributed by atoms with Crippen LogP contribution >= 0.6 is 0 Å². The molecule has 0 spiro atoms. The van der Waals surface area contributed by atoms with Gasteiger partial charge in [0.1, 0.15) is 0 Å². The predicted octanol–water partition coefficient (Wildman–Crippen LogP) is 9.46. The van der Waals surface area contributed by atoms with Gasteiger partial charge in [-0.05, 0) is 132 Å². The minimum atomic E-state index is -0.105. The Balaban J connectivity index is 1.36. The van der Waals surface area contributed by atoms with Crippen LogP contribution in [0.1, 0.15) is 111 Å². The summed E-state index contributed by atoms with van der Waals surface area (Å²) in [5.74, 6) is 0.912. The number of aryl methyl sites for hydroxylation is 2. The SMILES string of the molecule is Cc1cc2nc3cc4c(cc3nc2cc1C(C)C)C1(C)CCC4(C)c2cc3nc4cc(C(C)C)c(C)cc4nc3cc21. The molecule has 2 atom stereocenters. The summed E-state index contributed by atoms with van der Waals surface area (Å²) in [6, 6.07) is 18.3. The van der Waals surface area contributed by atoms with E-state index >= 15 is 0 Å². The molecule has 9 rings (SSSR count). The lowest BCUT2D eigenvalue weighted by Gasteiger charge is -2.53. The Morgan fingerprint density at radius 3 is 1.00 bits per heavy atom. The summed E-state index contributed by atoms with van der Waals surface area (Å²) in [6.45, 7) is 18.2. The van der Waals surface area contributed by atoms with Gasteiger partial charge in [-0.1, -0.05) is 41.5 Å². The van der Waals surface area contributed by atoms with Crippen molar-refractivity contribution in [3.8, 4) is 0 Å². The third-order valence-corrected chi connectivity index (χ3v) is 10.7. The van der Waals surface area contributed by atoms with E-state index in [1.807, 2.05) is 0 Å². The highest BCUT2D eigenvalue weighted by atomic mass is 14.8. The van der Waals surface area contributed by atoms with E-state index in [1.54, 1.807) is 0 Å². The molecule has 0 fully saturated rings. The van der Waals surface area contributed by atoms with Crippen LogP contribution in [-0.2, 0) is 10.8 Å². The summed E-state index contributed by atoms with van der Waals surface area (Å²) in [5.41, 5.74) is 18.5. The Kier molecular flexibility index (Phi) is 5.12. The third kappa shape index (κ3) is 3.35. The van der Waals surface area contributed by atoms with Gasteiger partial charge in [-0.2, -0.15) is 0 Å². The molecule has 0 radical (unpaired) electrons. The second-order valence-electron chi connectivity index (χ2n) is 14.1. The van der Waals surface area contributed by atoms with Gasteiger partial charge in [0.2, 0.25) is 0 Å². The van der Waals surface area contributed by atoms with E-state index in [1.165, 1.54) is 44.5 Å². The molecule has 0 saturated carbocycles. The third-order valence-electron chi connectivity index (χ3n) is 10.7. The van der Waals surface area contributed by atoms with Gasteiger partial charge in [-0.3, -0.25) is 0 Å². The van der Waals surface area contributed by atoms with Crippen LogP contribution in [0.2, 0.25) is 0 Å². The molecule has 2 bridgehead atoms. The monoisotopic (exact) mass is 550 g/mol. The van der Waals surface area contributed by atoms with Crippen LogP contribution < -0.4 is 0 Å². The van der Waals surface area contributed by atoms with Crippen LogP contribution in [0.4, 0.5) is 0 Å². The molecule has 0 aliphatic heterocycles. The molecular formula is C38H38N4. The van der Waals surface area contributed by atoms with Crippen molar-refractivity contribution in [1.82, 2.24) is 19.9 Å². The lowest BCUT2D eigenvalue weighted by molar-refractivity contribution is 0.328. The molecule has 4 nitrogen and oxygen atoms in total. The second-order valence-corrected chi connectivity index (χ2v) is 14.1. The summed E-state index contributed by atoms with van der Waals surface area (Å²) >= 11 is 0. The highest BCUT2D eigenvalue weighted by molar-refractivity contribution is 5.91. The first-order chi connectivity index (χ1) is 20.0. The van der Waals surface area contributed by atoms with Crippen molar-refractivity contribution in [1.29, 1.82) is 0 Å². The Morgan fingerprint density at radius 1 is 0.452 bits per heavy atom. The number of hydrogen-bond acceptors (Lipinski definition) is 4. The molecule has 4 aromatic carbocycles. The molecule has 2 heterocycles. The smallest absolute Gasteiger partial charge is 0.0897 e. The van der Waals surface area contributed by atoms with Crippen molar-refractivity contribution in [3.63, 3.8) is 0 Å². The zero-order valence-electron chi connectivity index (χ0n) is 26.0. The molecule has 4 heteroatoms. The lowest BCUT2D eigenvalue weighted by Crippen LogP contribution is -2.46. The van der Waals surface area contributed by atoms with Gasteiger partial charge in [0, 0.05) is 10.8 Å². The maximum absolute atomic E-state index is 5.19. The molecule has 42 heavy (non-hydrogen) atoms. The Labute approximate surface area is 247 Å². The topological polar surface area (TPSA) is 51.6 Å². The van der Waals surface area contributed by atoms with E-state index in [2.05, 4.69) is 104 Å². The normalized spacial score (nSPS) is 21.3. The number of hydrogen-bond donors (Lipinski definition) is 0. The maximum atomic E-state index is 5.19. The second kappa shape index (κ2) is 8.34. The van der Waals surface area contributed by atoms with Crippen molar-refractivity contribution in [2.24, 2.45) is 0 Å². The fourth-order valence-electron chi connectivity index (χ4n) is 8.18. The molecule has 3 aliphatic rings. The first kappa shape index (κ1) is 25.8. The number of aromatic nitrogens is 4.